The number of nitrogens with zero attached hydrogens (tertiary/aromatic N) is 4. The molecule has 0 saturated heterocycles. The molecule has 0 atom stereocenters. The lowest BCUT2D eigenvalue weighted by Crippen LogP contribution is -2.36. The number of carbonyl (C=O) groups is 1. The summed E-state index contributed by atoms with van der Waals surface area (Å²) in [4.78, 5) is 22.8. The molecule has 2 heterocycles. The number of anilines is 1. The summed E-state index contributed by atoms with van der Waals surface area (Å²) in [6, 6.07) is 2.40. The molecule has 0 saturated carbocycles. The fourth-order valence-electron chi connectivity index (χ4n) is 1.94. The molecule has 2 N–H and O–H groups in total. The molecule has 2 amide bonds. The Morgan fingerprint density at radius 2 is 1.66 bits per heavy atom. The Bertz CT molecular complexity index is 1100. The summed E-state index contributed by atoms with van der Waals surface area (Å²) in [5.41, 5.74) is 0. The van der Waals surface area contributed by atoms with Crippen LogP contribution in [0.2, 0.25) is 0 Å². The van der Waals surface area contributed by atoms with E-state index in [0.717, 1.165) is 16.6 Å². The number of hydrogen-bond donors (Lipinski definition) is 2. The number of ether oxygens (including phenoxy) is 2. The highest BCUT2D eigenvalue weighted by Gasteiger charge is 2.30. The lowest BCUT2D eigenvalue weighted by atomic mass is 10.5. The number of aromatic nitrogens is 3. The third-order valence-electron chi connectivity index (χ3n) is 3.30. The smallest absolute Gasteiger partial charge is 0.335 e. The van der Waals surface area contributed by atoms with E-state index in [9.17, 15) is 21.6 Å². The minimum atomic E-state index is -4.66. The van der Waals surface area contributed by atoms with Gasteiger partial charge in [0.25, 0.3) is 10.0 Å². The number of methoxy groups -OCH3 is 2. The maximum absolute atomic E-state index is 12.6. The van der Waals surface area contributed by atoms with Crippen LogP contribution in [0.5, 0.6) is 11.8 Å². The summed E-state index contributed by atoms with van der Waals surface area (Å²) in [7, 11) is -3.69. The van der Waals surface area contributed by atoms with Crippen molar-refractivity contribution in [3.05, 3.63) is 24.4 Å². The van der Waals surface area contributed by atoms with Gasteiger partial charge in [0, 0.05) is 20.3 Å². The third kappa shape index (κ3) is 5.07. The first-order valence-electron chi connectivity index (χ1n) is 7.69. The molecule has 0 bridgehead atoms. The van der Waals surface area contributed by atoms with Crippen LogP contribution in [0.3, 0.4) is 0 Å². The van der Waals surface area contributed by atoms with E-state index in [1.807, 2.05) is 0 Å². The molecule has 15 heteroatoms. The van der Waals surface area contributed by atoms with Gasteiger partial charge in [0.1, 0.15) is 4.90 Å². The van der Waals surface area contributed by atoms with Crippen molar-refractivity contribution in [2.24, 2.45) is 0 Å². The van der Waals surface area contributed by atoms with E-state index in [0.29, 0.717) is 0 Å². The first-order valence-corrected chi connectivity index (χ1v) is 10.6. The van der Waals surface area contributed by atoms with Crippen molar-refractivity contribution >= 4 is 32.0 Å². The van der Waals surface area contributed by atoms with E-state index < -0.39 is 36.0 Å². The highest BCUT2D eigenvalue weighted by Crippen LogP contribution is 2.21. The summed E-state index contributed by atoms with van der Waals surface area (Å²) >= 11 is 0. The van der Waals surface area contributed by atoms with Crippen LogP contribution >= 0.6 is 0 Å². The standard InChI is InChI=1S/C14H18N6O7S2/c1-20(2)29(24,25)9-6-5-7-15-12(9)28(22,23)19-14(21)18-13-16-10(26-3)8-11(17-13)27-4/h5-8H,1-4H3,(H2,16,17,18,19,21). The van der Waals surface area contributed by atoms with Gasteiger partial charge >= 0.3 is 6.03 Å². The minimum Gasteiger partial charge on any atom is -0.481 e. The predicted molar refractivity (Wildman–Crippen MR) is 99.6 cm³/mol. The second-order valence-corrected chi connectivity index (χ2v) is 9.15. The number of sulfonamides is 2. The number of rotatable bonds is 7. The van der Waals surface area contributed by atoms with Gasteiger partial charge in [-0.2, -0.15) is 18.4 Å². The molecule has 0 spiro atoms. The SMILES string of the molecule is COc1cc(OC)nc(NC(=O)NS(=O)(=O)c2ncccc2S(=O)(=O)N(C)C)n1. The van der Waals surface area contributed by atoms with Crippen molar-refractivity contribution in [2.75, 3.05) is 33.6 Å². The second-order valence-electron chi connectivity index (χ2n) is 5.43. The Hall–Kier alpha value is -3.04. The van der Waals surface area contributed by atoms with Gasteiger partial charge in [-0.1, -0.05) is 0 Å². The Balaban J connectivity index is 2.33. The van der Waals surface area contributed by atoms with E-state index >= 15 is 0 Å². The minimum absolute atomic E-state index is 0.0547. The zero-order valence-corrected chi connectivity index (χ0v) is 17.4. The van der Waals surface area contributed by atoms with Crippen LogP contribution in [0.25, 0.3) is 0 Å². The average molecular weight is 446 g/mol. The zero-order valence-electron chi connectivity index (χ0n) is 15.8. The predicted octanol–water partition coefficient (Wildman–Crippen LogP) is -0.350. The number of amides is 2. The molecule has 29 heavy (non-hydrogen) atoms. The van der Waals surface area contributed by atoms with Crippen LogP contribution in [-0.4, -0.2) is 70.4 Å². The normalized spacial score (nSPS) is 11.8. The number of carbonyl (C=O) groups excluding carboxylic acids is 1. The molecule has 0 aliphatic heterocycles. The molecule has 0 unspecified atom stereocenters. The Morgan fingerprint density at radius 3 is 2.17 bits per heavy atom. The molecule has 0 radical (unpaired) electrons. The number of nitrogens with one attached hydrogen (secondary N) is 2. The maximum atomic E-state index is 12.6. The van der Waals surface area contributed by atoms with Gasteiger partial charge in [-0.15, -0.1) is 0 Å². The van der Waals surface area contributed by atoms with Gasteiger partial charge in [0.05, 0.1) is 20.3 Å². The molecule has 2 aromatic heterocycles. The van der Waals surface area contributed by atoms with Crippen LogP contribution in [0, 0.1) is 0 Å². The van der Waals surface area contributed by atoms with Crippen molar-refractivity contribution in [1.29, 1.82) is 0 Å². The zero-order chi connectivity index (χ0) is 21.8. The Labute approximate surface area is 167 Å². The van der Waals surface area contributed by atoms with Crippen LogP contribution in [0.15, 0.2) is 34.3 Å². The van der Waals surface area contributed by atoms with Crippen molar-refractivity contribution in [3.8, 4) is 11.8 Å². The van der Waals surface area contributed by atoms with E-state index in [2.05, 4.69) is 20.3 Å². The third-order valence-corrected chi connectivity index (χ3v) is 6.56. The summed E-state index contributed by atoms with van der Waals surface area (Å²) < 4.78 is 62.2. The Morgan fingerprint density at radius 1 is 1.07 bits per heavy atom. The van der Waals surface area contributed by atoms with E-state index in [1.54, 1.807) is 4.72 Å². The first kappa shape index (κ1) is 22.3. The van der Waals surface area contributed by atoms with Crippen molar-refractivity contribution in [3.63, 3.8) is 0 Å². The molecule has 0 aliphatic carbocycles. The molecule has 158 valence electrons. The Kier molecular flexibility index (Phi) is 6.55. The van der Waals surface area contributed by atoms with E-state index in [4.69, 9.17) is 9.47 Å². The molecule has 2 rings (SSSR count). The van der Waals surface area contributed by atoms with Gasteiger partial charge in [-0.3, -0.25) is 5.32 Å². The van der Waals surface area contributed by atoms with Crippen molar-refractivity contribution in [2.45, 2.75) is 9.92 Å². The topological polar surface area (TPSA) is 170 Å². The molecule has 0 aromatic carbocycles. The first-order chi connectivity index (χ1) is 13.5. The average Bonchev–Trinajstić information content (AvgIpc) is 2.66. The van der Waals surface area contributed by atoms with Gasteiger partial charge in [0.15, 0.2) is 5.03 Å². The summed E-state index contributed by atoms with van der Waals surface area (Å²) in [6.07, 6.45) is 1.08. The largest absolute Gasteiger partial charge is 0.481 e. The second kappa shape index (κ2) is 8.54. The molecule has 0 aliphatic rings. The van der Waals surface area contributed by atoms with Gasteiger partial charge in [-0.25, -0.2) is 27.2 Å². The van der Waals surface area contributed by atoms with Crippen molar-refractivity contribution in [1.82, 2.24) is 24.0 Å². The maximum Gasteiger partial charge on any atom is 0.335 e. The van der Waals surface area contributed by atoms with Crippen LogP contribution in [0.1, 0.15) is 0 Å². The molecule has 0 fully saturated rings. The fraction of sp³-hybridized carbons (Fsp3) is 0.286. The van der Waals surface area contributed by atoms with Gasteiger partial charge < -0.3 is 9.47 Å². The molecular weight excluding hydrogens is 428 g/mol. The van der Waals surface area contributed by atoms with Gasteiger partial charge in [-0.05, 0) is 12.1 Å². The lowest BCUT2D eigenvalue weighted by molar-refractivity contribution is 0.256. The summed E-state index contributed by atoms with van der Waals surface area (Å²) in [6.45, 7) is 0. The highest BCUT2D eigenvalue weighted by molar-refractivity contribution is 7.92. The number of pyridine rings is 1. The summed E-state index contributed by atoms with van der Waals surface area (Å²) in [5.74, 6) is -0.200. The molecule has 13 nitrogen and oxygen atoms in total. The van der Waals surface area contributed by atoms with Gasteiger partial charge in [0.2, 0.25) is 27.7 Å². The number of urea groups is 1. The number of hydrogen-bond acceptors (Lipinski definition) is 10. The summed E-state index contributed by atoms with van der Waals surface area (Å²) in [5, 5.41) is 1.26. The van der Waals surface area contributed by atoms with Crippen LogP contribution in [0.4, 0.5) is 10.7 Å². The molecule has 2 aromatic rings. The fourth-order valence-corrected chi connectivity index (χ4v) is 4.42. The molecular formula is C14H18N6O7S2. The highest BCUT2D eigenvalue weighted by atomic mass is 32.2. The van der Waals surface area contributed by atoms with Crippen molar-refractivity contribution < 1.29 is 31.1 Å². The van der Waals surface area contributed by atoms with E-state index in [-0.39, 0.29) is 17.7 Å². The monoisotopic (exact) mass is 446 g/mol. The quantitative estimate of drug-likeness (QED) is 0.573. The van der Waals surface area contributed by atoms with E-state index in [1.165, 1.54) is 40.4 Å². The van der Waals surface area contributed by atoms with Crippen LogP contribution in [-0.2, 0) is 20.0 Å². The lowest BCUT2D eigenvalue weighted by Gasteiger charge is -2.14. The van der Waals surface area contributed by atoms with Crippen LogP contribution < -0.4 is 19.5 Å².